The van der Waals surface area contributed by atoms with E-state index in [0.29, 0.717) is 35.1 Å². The largest absolute Gasteiger partial charge is 0.462 e. The van der Waals surface area contributed by atoms with Crippen molar-refractivity contribution in [1.82, 2.24) is 9.78 Å². The molecule has 162 valence electrons. The van der Waals surface area contributed by atoms with Crippen LogP contribution in [0.25, 0.3) is 0 Å². The highest BCUT2D eigenvalue weighted by Gasteiger charge is 2.29. The van der Waals surface area contributed by atoms with E-state index in [9.17, 15) is 19.7 Å². The van der Waals surface area contributed by atoms with Crippen molar-refractivity contribution in [2.75, 3.05) is 11.9 Å². The summed E-state index contributed by atoms with van der Waals surface area (Å²) < 4.78 is 6.75. The van der Waals surface area contributed by atoms with Crippen molar-refractivity contribution >= 4 is 34.0 Å². The van der Waals surface area contributed by atoms with E-state index in [1.807, 2.05) is 0 Å². The number of rotatable bonds is 8. The van der Waals surface area contributed by atoms with Crippen LogP contribution in [0.3, 0.4) is 0 Å². The lowest BCUT2D eigenvalue weighted by atomic mass is 9.88. The zero-order valence-electron chi connectivity index (χ0n) is 17.4. The van der Waals surface area contributed by atoms with Gasteiger partial charge in [0, 0.05) is 11.3 Å². The molecule has 2 aromatic rings. The summed E-state index contributed by atoms with van der Waals surface area (Å²) in [4.78, 5) is 36.5. The third-order valence-electron chi connectivity index (χ3n) is 5.17. The van der Waals surface area contributed by atoms with Gasteiger partial charge in [0.1, 0.15) is 5.00 Å². The molecular formula is C20H26N4O5S. The Balaban J connectivity index is 1.66. The topological polar surface area (TPSA) is 116 Å². The number of anilines is 1. The molecule has 0 bridgehead atoms. The number of thiophene rings is 1. The van der Waals surface area contributed by atoms with Gasteiger partial charge in [-0.3, -0.25) is 4.79 Å². The molecule has 1 atom stereocenters. The fourth-order valence-corrected chi connectivity index (χ4v) is 5.06. The summed E-state index contributed by atoms with van der Waals surface area (Å²) in [7, 11) is 0. The monoisotopic (exact) mass is 434 g/mol. The molecule has 2 aromatic heterocycles. The number of aryl methyl sites for hydroxylation is 2. The minimum absolute atomic E-state index is 0.200. The highest BCUT2D eigenvalue weighted by molar-refractivity contribution is 7.17. The molecule has 1 N–H and O–H groups in total. The van der Waals surface area contributed by atoms with Gasteiger partial charge in [0.25, 0.3) is 0 Å². The smallest absolute Gasteiger partial charge is 0.390 e. The molecule has 2 heterocycles. The normalized spacial score (nSPS) is 15.5. The predicted molar refractivity (Wildman–Crippen MR) is 113 cm³/mol. The minimum atomic E-state index is -0.535. The fourth-order valence-electron chi connectivity index (χ4n) is 3.64. The summed E-state index contributed by atoms with van der Waals surface area (Å²) in [6.45, 7) is 6.37. The number of amides is 1. The van der Waals surface area contributed by atoms with Gasteiger partial charge in [-0.1, -0.05) is 6.92 Å². The zero-order valence-corrected chi connectivity index (χ0v) is 18.2. The Morgan fingerprint density at radius 3 is 2.90 bits per heavy atom. The molecular weight excluding hydrogens is 408 g/mol. The van der Waals surface area contributed by atoms with Crippen molar-refractivity contribution in [3.8, 4) is 0 Å². The lowest BCUT2D eigenvalue weighted by molar-refractivity contribution is -0.389. The Morgan fingerprint density at radius 2 is 2.23 bits per heavy atom. The second kappa shape index (κ2) is 9.38. The number of ether oxygens (including phenoxy) is 1. The lowest BCUT2D eigenvalue weighted by Gasteiger charge is -2.18. The molecule has 0 radical (unpaired) electrons. The Hall–Kier alpha value is -2.75. The third kappa shape index (κ3) is 4.86. The van der Waals surface area contributed by atoms with Crippen molar-refractivity contribution in [1.29, 1.82) is 0 Å². The maximum atomic E-state index is 12.5. The van der Waals surface area contributed by atoms with Gasteiger partial charge in [-0.25, -0.2) is 4.79 Å². The fraction of sp³-hybridized carbons (Fsp3) is 0.550. The number of nitrogens with one attached hydrogen (secondary N) is 1. The van der Waals surface area contributed by atoms with E-state index in [0.717, 1.165) is 29.7 Å². The number of fused-ring (bicyclic) bond motifs is 1. The van der Waals surface area contributed by atoms with Crippen LogP contribution in [-0.2, 0) is 28.9 Å². The molecule has 30 heavy (non-hydrogen) atoms. The number of nitrogens with zero attached hydrogens (tertiary/aromatic N) is 3. The van der Waals surface area contributed by atoms with Crippen molar-refractivity contribution in [2.24, 2.45) is 5.92 Å². The van der Waals surface area contributed by atoms with Gasteiger partial charge in [0.15, 0.2) is 0 Å². The van der Waals surface area contributed by atoms with Crippen LogP contribution in [0, 0.1) is 23.0 Å². The summed E-state index contributed by atoms with van der Waals surface area (Å²) in [6, 6.07) is 1.41. The number of carbonyl (C=O) groups excluding carboxylic acids is 2. The van der Waals surface area contributed by atoms with E-state index in [4.69, 9.17) is 4.74 Å². The van der Waals surface area contributed by atoms with Crippen molar-refractivity contribution in [3.63, 3.8) is 0 Å². The summed E-state index contributed by atoms with van der Waals surface area (Å²) in [5.74, 6) is -0.239. The number of nitro groups is 1. The third-order valence-corrected chi connectivity index (χ3v) is 6.34. The first-order chi connectivity index (χ1) is 14.3. The van der Waals surface area contributed by atoms with Gasteiger partial charge in [0.2, 0.25) is 5.91 Å². The number of hydrogen-bond acceptors (Lipinski definition) is 7. The molecule has 0 unspecified atom stereocenters. The molecule has 1 aliphatic rings. The van der Waals surface area contributed by atoms with Crippen LogP contribution < -0.4 is 5.32 Å². The van der Waals surface area contributed by atoms with Crippen LogP contribution in [0.2, 0.25) is 0 Å². The van der Waals surface area contributed by atoms with Crippen LogP contribution in [0.4, 0.5) is 10.8 Å². The minimum Gasteiger partial charge on any atom is -0.462 e. The second-order valence-electron chi connectivity index (χ2n) is 7.55. The second-order valence-corrected chi connectivity index (χ2v) is 8.66. The lowest BCUT2D eigenvalue weighted by Crippen LogP contribution is -2.17. The van der Waals surface area contributed by atoms with E-state index in [-0.39, 0.29) is 30.7 Å². The van der Waals surface area contributed by atoms with Gasteiger partial charge in [-0.15, -0.1) is 11.3 Å². The first-order valence-electron chi connectivity index (χ1n) is 10.1. The van der Waals surface area contributed by atoms with Crippen molar-refractivity contribution in [3.05, 3.63) is 37.9 Å². The predicted octanol–water partition coefficient (Wildman–Crippen LogP) is 3.88. The van der Waals surface area contributed by atoms with E-state index in [2.05, 4.69) is 17.3 Å². The Labute approximate surface area is 178 Å². The molecule has 0 fully saturated rings. The standard InChI is InChI=1S/C20H26N4O5S/c1-4-29-20(26)18-14-8-7-12(2)10-15(14)30-19(18)21-17(25)6-5-9-23-13(3)11-16(22-23)24(27)28/h11-12H,4-10H2,1-3H3,(H,21,25)/t12-/m1/s1. The highest BCUT2D eigenvalue weighted by atomic mass is 32.1. The van der Waals surface area contributed by atoms with Crippen molar-refractivity contribution < 1.29 is 19.2 Å². The van der Waals surface area contributed by atoms with E-state index < -0.39 is 4.92 Å². The van der Waals surface area contributed by atoms with E-state index >= 15 is 0 Å². The molecule has 0 aliphatic heterocycles. The Morgan fingerprint density at radius 1 is 1.47 bits per heavy atom. The van der Waals surface area contributed by atoms with E-state index in [1.54, 1.807) is 13.8 Å². The zero-order chi connectivity index (χ0) is 21.8. The van der Waals surface area contributed by atoms with Crippen LogP contribution in [0.15, 0.2) is 6.07 Å². The van der Waals surface area contributed by atoms with Crippen LogP contribution in [0.5, 0.6) is 0 Å². The van der Waals surface area contributed by atoms with Gasteiger partial charge in [0.05, 0.1) is 35.6 Å². The van der Waals surface area contributed by atoms with Gasteiger partial charge in [-0.2, -0.15) is 4.68 Å². The molecule has 0 saturated carbocycles. The first kappa shape index (κ1) is 21.9. The average Bonchev–Trinajstić information content (AvgIpc) is 3.21. The molecule has 1 aliphatic carbocycles. The summed E-state index contributed by atoms with van der Waals surface area (Å²) >= 11 is 1.46. The first-order valence-corrected chi connectivity index (χ1v) is 10.9. The van der Waals surface area contributed by atoms with Crippen LogP contribution in [-0.4, -0.2) is 33.2 Å². The number of carbonyl (C=O) groups is 2. The quantitative estimate of drug-likeness (QED) is 0.383. The molecule has 0 saturated heterocycles. The number of hydrogen-bond donors (Lipinski definition) is 1. The highest BCUT2D eigenvalue weighted by Crippen LogP contribution is 2.40. The molecule has 0 spiro atoms. The van der Waals surface area contributed by atoms with Gasteiger partial charge in [-0.05, 0) is 55.9 Å². The summed E-state index contributed by atoms with van der Waals surface area (Å²) in [6.07, 6.45) is 3.42. The molecule has 3 rings (SSSR count). The van der Waals surface area contributed by atoms with E-state index in [1.165, 1.54) is 22.1 Å². The average molecular weight is 435 g/mol. The summed E-state index contributed by atoms with van der Waals surface area (Å²) in [5.41, 5.74) is 2.17. The Bertz CT molecular complexity index is 965. The Kier molecular flexibility index (Phi) is 6.86. The molecule has 1 amide bonds. The van der Waals surface area contributed by atoms with Crippen molar-refractivity contribution in [2.45, 2.75) is 59.4 Å². The number of aromatic nitrogens is 2. The van der Waals surface area contributed by atoms with Gasteiger partial charge < -0.3 is 20.2 Å². The molecule has 0 aromatic carbocycles. The van der Waals surface area contributed by atoms with Crippen LogP contribution in [0.1, 0.15) is 59.6 Å². The molecule has 10 heteroatoms. The SMILES string of the molecule is CCOC(=O)c1c(NC(=O)CCCn2nc([N+](=O)[O-])cc2C)sc2c1CC[C@@H](C)C2. The summed E-state index contributed by atoms with van der Waals surface area (Å²) in [5, 5.41) is 18.2. The van der Waals surface area contributed by atoms with Crippen LogP contribution >= 0.6 is 11.3 Å². The maximum absolute atomic E-state index is 12.5. The van der Waals surface area contributed by atoms with Gasteiger partial charge >= 0.3 is 11.8 Å². The maximum Gasteiger partial charge on any atom is 0.390 e. The number of esters is 1. The molecule has 9 nitrogen and oxygen atoms in total.